The Kier molecular flexibility index (Phi) is 2.95. The predicted molar refractivity (Wildman–Crippen MR) is 38.2 cm³/mol. The molecule has 0 aliphatic carbocycles. The van der Waals surface area contributed by atoms with E-state index >= 15 is 0 Å². The molecule has 0 aliphatic rings. The summed E-state index contributed by atoms with van der Waals surface area (Å²) in [6.45, 7) is 0. The van der Waals surface area contributed by atoms with E-state index in [4.69, 9.17) is 0 Å². The van der Waals surface area contributed by atoms with Crippen molar-refractivity contribution in [2.75, 3.05) is 21.1 Å². The quantitative estimate of drug-likeness (QED) is 0.315. The van der Waals surface area contributed by atoms with Crippen LogP contribution < -0.4 is 0 Å². The van der Waals surface area contributed by atoms with E-state index in [1.54, 1.807) is 0 Å². The molecule has 0 bridgehead atoms. The van der Waals surface area contributed by atoms with Crippen LogP contribution in [0.3, 0.4) is 0 Å². The molecule has 0 rings (SSSR count). The number of hydrazine groups is 1. The van der Waals surface area contributed by atoms with Gasteiger partial charge in [-0.15, -0.1) is 0 Å². The van der Waals surface area contributed by atoms with Gasteiger partial charge < -0.3 is 10.4 Å². The third kappa shape index (κ3) is 3.05. The van der Waals surface area contributed by atoms with Crippen LogP contribution in [0.25, 0.3) is 0 Å². The van der Waals surface area contributed by atoms with Gasteiger partial charge in [-0.05, 0) is 7.05 Å². The Morgan fingerprint density at radius 1 is 1.44 bits per heavy atom. The molecule has 0 fully saturated rings. The summed E-state index contributed by atoms with van der Waals surface area (Å²) in [7, 11) is 5.98. The third-order valence-corrected chi connectivity index (χ3v) is 1.66. The van der Waals surface area contributed by atoms with E-state index in [0.717, 1.165) is 4.89 Å². The van der Waals surface area contributed by atoms with Gasteiger partial charge in [-0.1, -0.05) is 4.89 Å². The normalized spacial score (nSPS) is 13.3. The number of nitrogens with zero attached hydrogens (tertiary/aromatic N) is 3. The minimum atomic E-state index is -0.773. The lowest BCUT2D eigenvalue weighted by molar-refractivity contribution is -0.957. The molecule has 1 atom stereocenters. The van der Waals surface area contributed by atoms with Crippen molar-refractivity contribution in [1.82, 2.24) is 10.1 Å². The Labute approximate surface area is 56.8 Å². The van der Waals surface area contributed by atoms with Gasteiger partial charge in [0.25, 0.3) is 0 Å². The fourth-order valence-corrected chi connectivity index (χ4v) is 0.303. The molecule has 0 saturated heterocycles. The van der Waals surface area contributed by atoms with Crippen molar-refractivity contribution < 1.29 is 4.76 Å². The summed E-state index contributed by atoms with van der Waals surface area (Å²) in [6.07, 6.45) is 0. The lowest BCUT2D eigenvalue weighted by Gasteiger charge is -2.46. The van der Waals surface area contributed by atoms with E-state index in [1.807, 2.05) is 9.39 Å². The van der Waals surface area contributed by atoms with E-state index in [2.05, 4.69) is 0 Å². The molecule has 0 heterocycles. The van der Waals surface area contributed by atoms with Crippen molar-refractivity contribution in [3.05, 3.63) is 10.4 Å². The zero-order valence-corrected chi connectivity index (χ0v) is 6.89. The maximum absolute atomic E-state index is 10.8. The summed E-state index contributed by atoms with van der Waals surface area (Å²) in [5, 5.41) is 21.7. The zero-order valence-electron chi connectivity index (χ0n) is 5.74. The van der Waals surface area contributed by atoms with Crippen LogP contribution >= 0.6 is 9.39 Å². The topological polar surface area (TPSA) is 52.6 Å². The highest BCUT2D eigenvalue weighted by atomic mass is 31.0. The molecule has 5 nitrogen and oxygen atoms in total. The minimum Gasteiger partial charge on any atom is -0.768 e. The first-order valence-corrected chi connectivity index (χ1v) is 2.88. The van der Waals surface area contributed by atoms with Gasteiger partial charge in [0, 0.05) is 9.39 Å². The molecule has 56 valence electrons. The maximum Gasteiger partial charge on any atom is 0.0869 e. The van der Waals surface area contributed by atoms with Crippen LogP contribution in [0.1, 0.15) is 0 Å². The van der Waals surface area contributed by atoms with Gasteiger partial charge in [0.2, 0.25) is 0 Å². The molecule has 0 amide bonds. The summed E-state index contributed by atoms with van der Waals surface area (Å²) < 4.78 is -0.773. The molecule has 0 saturated carbocycles. The molecular weight excluding hydrogens is 141 g/mol. The van der Waals surface area contributed by atoms with E-state index in [0.29, 0.717) is 5.17 Å². The first kappa shape index (κ1) is 9.23. The van der Waals surface area contributed by atoms with Crippen molar-refractivity contribution in [3.63, 3.8) is 0 Å². The smallest absolute Gasteiger partial charge is 0.0869 e. The molecule has 0 aromatic carbocycles. The highest BCUT2D eigenvalue weighted by Gasteiger charge is 2.09. The number of quaternary nitrogens is 1. The van der Waals surface area contributed by atoms with Crippen LogP contribution in [0.2, 0.25) is 0 Å². The van der Waals surface area contributed by atoms with Crippen LogP contribution in [0.15, 0.2) is 0 Å². The minimum absolute atomic E-state index is 0.456. The molecule has 0 aliphatic heterocycles. The van der Waals surface area contributed by atoms with Crippen molar-refractivity contribution in [1.29, 1.82) is 0 Å². The molecule has 9 heavy (non-hydrogen) atoms. The third-order valence-electron chi connectivity index (χ3n) is 0.782. The van der Waals surface area contributed by atoms with Gasteiger partial charge in [0.15, 0.2) is 0 Å². The summed E-state index contributed by atoms with van der Waals surface area (Å²) in [4.78, 5) is 0.931. The number of hydroxylamine groups is 3. The highest BCUT2D eigenvalue weighted by Crippen LogP contribution is 2.10. The first-order valence-electron chi connectivity index (χ1n) is 2.36. The van der Waals surface area contributed by atoms with Gasteiger partial charge in [-0.2, -0.15) is 0 Å². The average Bonchev–Trinajstić information content (AvgIpc) is 1.62. The Bertz CT molecular complexity index is 91.5. The maximum atomic E-state index is 10.8. The summed E-state index contributed by atoms with van der Waals surface area (Å²) in [5.41, 5.74) is 0. The molecule has 0 spiro atoms. The van der Waals surface area contributed by atoms with E-state index in [9.17, 15) is 10.4 Å². The van der Waals surface area contributed by atoms with Crippen LogP contribution in [0, 0.1) is 10.4 Å². The van der Waals surface area contributed by atoms with Gasteiger partial charge in [-0.3, -0.25) is 9.93 Å². The fourth-order valence-electron chi connectivity index (χ4n) is 0.303. The monoisotopic (exact) mass is 152 g/mol. The number of rotatable bonds is 2. The van der Waals surface area contributed by atoms with Crippen molar-refractivity contribution in [2.24, 2.45) is 0 Å². The first-order chi connectivity index (χ1) is 3.85. The molecular formula is C3H11N3O2P-. The predicted octanol–water partition coefficient (Wildman–Crippen LogP) is -0.0877. The standard InChI is InChI=1S/C3H11N3O2P/c1-4(7)5(9)6(2,3)8/h9H2,1-3H3/q-1. The molecule has 0 aromatic rings. The lowest BCUT2D eigenvalue weighted by atomic mass is 11.1. The van der Waals surface area contributed by atoms with Gasteiger partial charge >= 0.3 is 0 Å². The molecule has 1 unspecified atom stereocenters. The van der Waals surface area contributed by atoms with Crippen molar-refractivity contribution in [2.45, 2.75) is 0 Å². The molecule has 6 heteroatoms. The lowest BCUT2D eigenvalue weighted by Crippen LogP contribution is -2.49. The van der Waals surface area contributed by atoms with Gasteiger partial charge in [-0.25, -0.2) is 0 Å². The Morgan fingerprint density at radius 2 is 1.78 bits per heavy atom. The molecule has 0 aromatic heterocycles. The second-order valence-electron chi connectivity index (χ2n) is 2.08. The molecule has 0 N–H and O–H groups in total. The van der Waals surface area contributed by atoms with Crippen LogP contribution in [0.4, 0.5) is 0 Å². The Morgan fingerprint density at radius 3 is 1.78 bits per heavy atom. The van der Waals surface area contributed by atoms with Gasteiger partial charge in [0.1, 0.15) is 0 Å². The Hall–Kier alpha value is 0.230. The largest absolute Gasteiger partial charge is 0.768 e. The highest BCUT2D eigenvalue weighted by molar-refractivity contribution is 7.12. The zero-order chi connectivity index (χ0) is 7.65. The van der Waals surface area contributed by atoms with E-state index in [1.165, 1.54) is 21.1 Å². The van der Waals surface area contributed by atoms with Crippen molar-refractivity contribution >= 4 is 9.39 Å². The summed E-state index contributed by atoms with van der Waals surface area (Å²) >= 11 is 0. The van der Waals surface area contributed by atoms with Gasteiger partial charge in [0.05, 0.1) is 14.1 Å². The number of hydrogen-bond acceptors (Lipinski definition) is 4. The second kappa shape index (κ2) is 2.88. The van der Waals surface area contributed by atoms with Crippen LogP contribution in [-0.2, 0) is 0 Å². The Balaban J connectivity index is 3.88. The molecule has 0 radical (unpaired) electrons. The second-order valence-corrected chi connectivity index (χ2v) is 2.54. The number of hydrogen-bond donors (Lipinski definition) is 0. The van der Waals surface area contributed by atoms with E-state index in [-0.39, 0.29) is 0 Å². The van der Waals surface area contributed by atoms with Crippen LogP contribution in [-0.4, -0.2) is 36.0 Å². The summed E-state index contributed by atoms with van der Waals surface area (Å²) in [5.74, 6) is 0. The van der Waals surface area contributed by atoms with Crippen LogP contribution in [0.5, 0.6) is 0 Å². The van der Waals surface area contributed by atoms with E-state index < -0.39 is 4.76 Å². The SMILES string of the molecule is CN([O-])N(P)[N+](C)(C)[O-]. The van der Waals surface area contributed by atoms with Crippen molar-refractivity contribution in [3.8, 4) is 0 Å². The summed E-state index contributed by atoms with van der Waals surface area (Å²) in [6, 6.07) is 0. The fraction of sp³-hybridized carbons (Fsp3) is 1.00. The average molecular weight is 152 g/mol.